The normalized spacial score (nSPS) is 12.1. The van der Waals surface area contributed by atoms with Gasteiger partial charge in [0.15, 0.2) is 0 Å². The molecule has 0 fully saturated rings. The molecule has 1 rings (SSSR count). The van der Waals surface area contributed by atoms with E-state index in [1.54, 1.807) is 12.1 Å². The molecule has 0 saturated carbocycles. The van der Waals surface area contributed by atoms with E-state index in [4.69, 9.17) is 0 Å². The minimum Gasteiger partial charge on any atom is -0.508 e. The van der Waals surface area contributed by atoms with Crippen LogP contribution in [0.5, 0.6) is 5.75 Å². The summed E-state index contributed by atoms with van der Waals surface area (Å²) >= 11 is 0. The van der Waals surface area contributed by atoms with Gasteiger partial charge in [0, 0.05) is 6.54 Å². The zero-order valence-electron chi connectivity index (χ0n) is 12.2. The van der Waals surface area contributed by atoms with Crippen molar-refractivity contribution >= 4 is 12.1 Å². The van der Waals surface area contributed by atoms with E-state index in [0.29, 0.717) is 6.42 Å². The van der Waals surface area contributed by atoms with Gasteiger partial charge in [0.2, 0.25) is 0 Å². The zero-order chi connectivity index (χ0) is 16.0. The van der Waals surface area contributed by atoms with Gasteiger partial charge in [-0.1, -0.05) is 26.0 Å². The molecule has 0 radical (unpaired) electrons. The second kappa shape index (κ2) is 7.52. The fourth-order valence-electron chi connectivity index (χ4n) is 2.10. The Hall–Kier alpha value is -2.24. The van der Waals surface area contributed by atoms with Crippen molar-refractivity contribution < 1.29 is 24.9 Å². The number of carboxylic acid groups (broad SMARTS) is 2. The summed E-state index contributed by atoms with van der Waals surface area (Å²) in [6.45, 7) is 3.82. The molecular formula is C15H21NO5. The first-order valence-electron chi connectivity index (χ1n) is 6.81. The summed E-state index contributed by atoms with van der Waals surface area (Å²) in [5, 5.41) is 27.7. The third-order valence-electron chi connectivity index (χ3n) is 3.18. The summed E-state index contributed by atoms with van der Waals surface area (Å²) in [5.74, 6) is -0.907. The Morgan fingerprint density at radius 3 is 2.14 bits per heavy atom. The molecule has 1 amide bonds. The van der Waals surface area contributed by atoms with Gasteiger partial charge in [0.25, 0.3) is 0 Å². The summed E-state index contributed by atoms with van der Waals surface area (Å²) in [7, 11) is 0. The number of carboxylic acids is 1. The second-order valence-corrected chi connectivity index (χ2v) is 5.38. The zero-order valence-corrected chi connectivity index (χ0v) is 12.2. The third kappa shape index (κ3) is 5.33. The number of phenols is 1. The lowest BCUT2D eigenvalue weighted by Gasteiger charge is -2.27. The average Bonchev–Trinajstić information content (AvgIpc) is 2.38. The van der Waals surface area contributed by atoms with Crippen molar-refractivity contribution in [1.82, 2.24) is 4.90 Å². The van der Waals surface area contributed by atoms with Crippen molar-refractivity contribution in [3.05, 3.63) is 29.8 Å². The molecular weight excluding hydrogens is 274 g/mol. The number of hydrogen-bond donors (Lipinski definition) is 3. The van der Waals surface area contributed by atoms with Crippen LogP contribution < -0.4 is 0 Å². The van der Waals surface area contributed by atoms with E-state index in [9.17, 15) is 24.9 Å². The van der Waals surface area contributed by atoms with Crippen molar-refractivity contribution in [1.29, 1.82) is 0 Å². The van der Waals surface area contributed by atoms with Crippen LogP contribution in [0.25, 0.3) is 0 Å². The second-order valence-electron chi connectivity index (χ2n) is 5.38. The van der Waals surface area contributed by atoms with Crippen LogP contribution in [0.1, 0.15) is 25.8 Å². The molecule has 3 N–H and O–H groups in total. The molecule has 0 aromatic heterocycles. The SMILES string of the molecule is CC(C)CC(C(=O)O)N(CCc1ccc(O)cc1)C(=O)O. The Labute approximate surface area is 123 Å². The van der Waals surface area contributed by atoms with Crippen LogP contribution in [0, 0.1) is 5.92 Å². The highest BCUT2D eigenvalue weighted by Gasteiger charge is 2.29. The molecule has 21 heavy (non-hydrogen) atoms. The molecule has 1 aromatic carbocycles. The average molecular weight is 295 g/mol. The highest BCUT2D eigenvalue weighted by molar-refractivity contribution is 5.79. The van der Waals surface area contributed by atoms with Gasteiger partial charge in [0.05, 0.1) is 0 Å². The van der Waals surface area contributed by atoms with Gasteiger partial charge in [-0.05, 0) is 36.5 Å². The summed E-state index contributed by atoms with van der Waals surface area (Å²) < 4.78 is 0. The minimum absolute atomic E-state index is 0.0848. The van der Waals surface area contributed by atoms with Gasteiger partial charge in [-0.3, -0.25) is 4.90 Å². The predicted octanol–water partition coefficient (Wildman–Crippen LogP) is 2.41. The summed E-state index contributed by atoms with van der Waals surface area (Å²) in [6, 6.07) is 5.37. The molecule has 0 heterocycles. The highest BCUT2D eigenvalue weighted by atomic mass is 16.4. The Morgan fingerprint density at radius 2 is 1.71 bits per heavy atom. The number of carbonyl (C=O) groups is 2. The number of aliphatic carboxylic acids is 1. The van der Waals surface area contributed by atoms with Crippen molar-refractivity contribution in [3.63, 3.8) is 0 Å². The standard InChI is InChI=1S/C15H21NO5/c1-10(2)9-13(14(18)19)16(15(20)21)8-7-11-3-5-12(17)6-4-11/h3-6,10,13,17H,7-9H2,1-2H3,(H,18,19)(H,20,21). The van der Waals surface area contributed by atoms with Gasteiger partial charge in [-0.25, -0.2) is 9.59 Å². The largest absolute Gasteiger partial charge is 0.508 e. The van der Waals surface area contributed by atoms with E-state index >= 15 is 0 Å². The van der Waals surface area contributed by atoms with Gasteiger partial charge in [-0.2, -0.15) is 0 Å². The molecule has 1 atom stereocenters. The van der Waals surface area contributed by atoms with E-state index in [2.05, 4.69) is 0 Å². The monoisotopic (exact) mass is 295 g/mol. The van der Waals surface area contributed by atoms with Crippen molar-refractivity contribution in [2.75, 3.05) is 6.54 Å². The predicted molar refractivity (Wildman–Crippen MR) is 77.4 cm³/mol. The maximum Gasteiger partial charge on any atom is 0.408 e. The van der Waals surface area contributed by atoms with Gasteiger partial charge in [-0.15, -0.1) is 0 Å². The van der Waals surface area contributed by atoms with Crippen LogP contribution in [0.2, 0.25) is 0 Å². The lowest BCUT2D eigenvalue weighted by Crippen LogP contribution is -2.46. The van der Waals surface area contributed by atoms with Crippen LogP contribution in [0.15, 0.2) is 24.3 Å². The maximum atomic E-state index is 11.3. The minimum atomic E-state index is -1.23. The van der Waals surface area contributed by atoms with E-state index in [0.717, 1.165) is 10.5 Å². The van der Waals surface area contributed by atoms with Crippen LogP contribution >= 0.6 is 0 Å². The Balaban J connectivity index is 2.78. The molecule has 0 saturated heterocycles. The first kappa shape index (κ1) is 16.8. The Bertz CT molecular complexity index is 483. The summed E-state index contributed by atoms with van der Waals surface area (Å²) in [5.41, 5.74) is 0.840. The van der Waals surface area contributed by atoms with Crippen LogP contribution in [-0.2, 0) is 11.2 Å². The topological polar surface area (TPSA) is 98.1 Å². The van der Waals surface area contributed by atoms with Gasteiger partial charge >= 0.3 is 12.1 Å². The number of phenolic OH excluding ortho intramolecular Hbond substituents is 1. The Morgan fingerprint density at radius 1 is 1.14 bits per heavy atom. The first-order valence-corrected chi connectivity index (χ1v) is 6.81. The van der Waals surface area contributed by atoms with Crippen molar-refractivity contribution in [2.24, 2.45) is 5.92 Å². The molecule has 116 valence electrons. The molecule has 6 heteroatoms. The third-order valence-corrected chi connectivity index (χ3v) is 3.18. The van der Waals surface area contributed by atoms with E-state index in [-0.39, 0.29) is 24.6 Å². The summed E-state index contributed by atoms with van der Waals surface area (Å²) in [4.78, 5) is 23.6. The molecule has 1 aromatic rings. The molecule has 0 aliphatic carbocycles. The van der Waals surface area contributed by atoms with Crippen LogP contribution in [0.4, 0.5) is 4.79 Å². The fourth-order valence-corrected chi connectivity index (χ4v) is 2.10. The van der Waals surface area contributed by atoms with E-state index < -0.39 is 18.1 Å². The molecule has 0 spiro atoms. The molecule has 0 aliphatic heterocycles. The Kier molecular flexibility index (Phi) is 6.02. The number of rotatable bonds is 7. The van der Waals surface area contributed by atoms with Crippen LogP contribution in [-0.4, -0.2) is 44.9 Å². The quantitative estimate of drug-likeness (QED) is 0.717. The first-order chi connectivity index (χ1) is 9.81. The van der Waals surface area contributed by atoms with E-state index in [1.807, 2.05) is 13.8 Å². The van der Waals surface area contributed by atoms with E-state index in [1.165, 1.54) is 12.1 Å². The maximum absolute atomic E-state index is 11.3. The molecule has 1 unspecified atom stereocenters. The number of hydrogen-bond acceptors (Lipinski definition) is 3. The smallest absolute Gasteiger partial charge is 0.408 e. The number of amides is 1. The molecule has 0 aliphatic rings. The number of nitrogens with zero attached hydrogens (tertiary/aromatic N) is 1. The highest BCUT2D eigenvalue weighted by Crippen LogP contribution is 2.15. The molecule has 6 nitrogen and oxygen atoms in total. The lowest BCUT2D eigenvalue weighted by molar-refractivity contribution is -0.143. The molecule has 0 bridgehead atoms. The number of aromatic hydroxyl groups is 1. The van der Waals surface area contributed by atoms with Gasteiger partial charge < -0.3 is 15.3 Å². The van der Waals surface area contributed by atoms with Gasteiger partial charge in [0.1, 0.15) is 11.8 Å². The van der Waals surface area contributed by atoms with Crippen LogP contribution in [0.3, 0.4) is 0 Å². The van der Waals surface area contributed by atoms with Crippen molar-refractivity contribution in [2.45, 2.75) is 32.7 Å². The fraction of sp³-hybridized carbons (Fsp3) is 0.467. The number of benzene rings is 1. The summed E-state index contributed by atoms with van der Waals surface area (Å²) in [6.07, 6.45) is -0.562. The lowest BCUT2D eigenvalue weighted by atomic mass is 10.0. The van der Waals surface area contributed by atoms with Crippen molar-refractivity contribution in [3.8, 4) is 5.75 Å².